The van der Waals surface area contributed by atoms with Crippen molar-refractivity contribution in [2.45, 2.75) is 17.0 Å². The van der Waals surface area contributed by atoms with Gasteiger partial charge in [-0.3, -0.25) is 4.79 Å². The van der Waals surface area contributed by atoms with Crippen LogP contribution in [0.15, 0.2) is 35.4 Å². The molecular formula is C11H13ClN4OS. The Labute approximate surface area is 114 Å². The van der Waals surface area contributed by atoms with Crippen LogP contribution in [-0.2, 0) is 11.8 Å². The summed E-state index contributed by atoms with van der Waals surface area (Å²) < 4.78 is 1.77. The van der Waals surface area contributed by atoms with Crippen LogP contribution in [0.4, 0.5) is 0 Å². The molecule has 1 atom stereocenters. The third-order valence-corrected chi connectivity index (χ3v) is 3.64. The van der Waals surface area contributed by atoms with Crippen LogP contribution in [0.1, 0.15) is 6.42 Å². The first-order valence-corrected chi connectivity index (χ1v) is 6.86. The number of amides is 1. The van der Waals surface area contributed by atoms with E-state index in [0.29, 0.717) is 10.9 Å². The molecule has 0 aliphatic heterocycles. The van der Waals surface area contributed by atoms with Crippen molar-refractivity contribution in [3.8, 4) is 0 Å². The van der Waals surface area contributed by atoms with Gasteiger partial charge in [0.05, 0.1) is 11.1 Å². The predicted octanol–water partition coefficient (Wildman–Crippen LogP) is 1.47. The van der Waals surface area contributed by atoms with Crippen molar-refractivity contribution in [1.82, 2.24) is 20.1 Å². The number of rotatable bonds is 4. The normalized spacial score (nSPS) is 18.6. The number of halogens is 1. The lowest BCUT2D eigenvalue weighted by molar-refractivity contribution is -0.117. The summed E-state index contributed by atoms with van der Waals surface area (Å²) in [6.07, 6.45) is 8.05. The van der Waals surface area contributed by atoms with E-state index in [1.165, 1.54) is 11.8 Å². The molecule has 1 aromatic rings. The number of alkyl halides is 1. The number of nitrogens with one attached hydrogen (secondary N) is 1. The molecule has 1 aromatic heterocycles. The van der Waals surface area contributed by atoms with Crippen molar-refractivity contribution in [1.29, 1.82) is 0 Å². The minimum Gasteiger partial charge on any atom is -0.326 e. The molecule has 1 heterocycles. The fourth-order valence-electron chi connectivity index (χ4n) is 1.46. The molecule has 7 heteroatoms. The van der Waals surface area contributed by atoms with Crippen LogP contribution in [0.25, 0.3) is 0 Å². The highest BCUT2D eigenvalue weighted by molar-refractivity contribution is 7.99. The fraction of sp³-hybridized carbons (Fsp3) is 0.364. The van der Waals surface area contributed by atoms with E-state index >= 15 is 0 Å². The van der Waals surface area contributed by atoms with Gasteiger partial charge < -0.3 is 9.88 Å². The van der Waals surface area contributed by atoms with Crippen LogP contribution in [-0.4, -0.2) is 31.8 Å². The number of hydrogen-bond acceptors (Lipinski definition) is 4. The predicted molar refractivity (Wildman–Crippen MR) is 71.4 cm³/mol. The average molecular weight is 285 g/mol. The third kappa shape index (κ3) is 3.61. The van der Waals surface area contributed by atoms with Crippen molar-refractivity contribution in [3.63, 3.8) is 0 Å². The van der Waals surface area contributed by atoms with Crippen LogP contribution < -0.4 is 5.32 Å². The van der Waals surface area contributed by atoms with Gasteiger partial charge in [0.25, 0.3) is 0 Å². The number of carbonyl (C=O) groups excluding carboxylic acids is 1. The monoisotopic (exact) mass is 284 g/mol. The summed E-state index contributed by atoms with van der Waals surface area (Å²) in [6, 6.07) is 0. The number of nitrogens with zero attached hydrogens (tertiary/aromatic N) is 3. The van der Waals surface area contributed by atoms with E-state index in [1.807, 2.05) is 25.3 Å². The lowest BCUT2D eigenvalue weighted by atomic mass is 10.1. The van der Waals surface area contributed by atoms with E-state index < -0.39 is 0 Å². The molecule has 0 fully saturated rings. The summed E-state index contributed by atoms with van der Waals surface area (Å²) in [6.45, 7) is 0. The average Bonchev–Trinajstić information content (AvgIpc) is 2.72. The van der Waals surface area contributed by atoms with Crippen molar-refractivity contribution in [2.75, 3.05) is 5.75 Å². The zero-order valence-corrected chi connectivity index (χ0v) is 11.4. The number of carbonyl (C=O) groups is 1. The Hall–Kier alpha value is -1.27. The first kappa shape index (κ1) is 13.2. The smallest absolute Gasteiger partial charge is 0.234 e. The lowest BCUT2D eigenvalue weighted by Gasteiger charge is -2.11. The van der Waals surface area contributed by atoms with Crippen LogP contribution in [0.3, 0.4) is 0 Å². The van der Waals surface area contributed by atoms with E-state index in [-0.39, 0.29) is 11.3 Å². The Kier molecular flexibility index (Phi) is 4.43. The molecule has 1 amide bonds. The zero-order valence-electron chi connectivity index (χ0n) is 9.84. The van der Waals surface area contributed by atoms with Gasteiger partial charge in [0.1, 0.15) is 6.33 Å². The van der Waals surface area contributed by atoms with Crippen molar-refractivity contribution in [3.05, 3.63) is 30.3 Å². The maximum Gasteiger partial charge on any atom is 0.234 e. The Balaban J connectivity index is 1.82. The molecule has 0 bridgehead atoms. The maximum atomic E-state index is 11.7. The van der Waals surface area contributed by atoms with Crippen LogP contribution in [0.2, 0.25) is 0 Å². The molecule has 0 aromatic carbocycles. The SMILES string of the molecule is Cn1cnnc1SCC(=O)NC1=CC(Cl)CC=C1. The Bertz CT molecular complexity index is 497. The Morgan fingerprint density at radius 3 is 3.22 bits per heavy atom. The number of aryl methyl sites for hydroxylation is 1. The number of aromatic nitrogens is 3. The second-order valence-electron chi connectivity index (χ2n) is 3.84. The Morgan fingerprint density at radius 2 is 2.56 bits per heavy atom. The minimum atomic E-state index is -0.0790. The maximum absolute atomic E-state index is 11.7. The second kappa shape index (κ2) is 6.06. The molecule has 96 valence electrons. The largest absolute Gasteiger partial charge is 0.326 e. The summed E-state index contributed by atoms with van der Waals surface area (Å²) in [4.78, 5) is 11.7. The topological polar surface area (TPSA) is 59.8 Å². The molecule has 1 N–H and O–H groups in total. The van der Waals surface area contributed by atoms with E-state index in [2.05, 4.69) is 15.5 Å². The number of allylic oxidation sites excluding steroid dienone is 3. The molecule has 18 heavy (non-hydrogen) atoms. The van der Waals surface area contributed by atoms with E-state index in [9.17, 15) is 4.79 Å². The van der Waals surface area contributed by atoms with Crippen molar-refractivity contribution >= 4 is 29.3 Å². The molecule has 5 nitrogen and oxygen atoms in total. The minimum absolute atomic E-state index is 0.0447. The van der Waals surface area contributed by atoms with Crippen molar-refractivity contribution in [2.24, 2.45) is 7.05 Å². The van der Waals surface area contributed by atoms with E-state index in [1.54, 1.807) is 10.9 Å². The second-order valence-corrected chi connectivity index (χ2v) is 5.34. The van der Waals surface area contributed by atoms with Crippen LogP contribution in [0, 0.1) is 0 Å². The zero-order chi connectivity index (χ0) is 13.0. The van der Waals surface area contributed by atoms with Gasteiger partial charge in [0.2, 0.25) is 5.91 Å². The first-order valence-electron chi connectivity index (χ1n) is 5.44. The summed E-state index contributed by atoms with van der Waals surface area (Å²) in [5.74, 6) is 0.217. The number of thioether (sulfide) groups is 1. The molecule has 0 radical (unpaired) electrons. The van der Waals surface area contributed by atoms with Crippen molar-refractivity contribution < 1.29 is 4.79 Å². The van der Waals surface area contributed by atoms with Gasteiger partial charge >= 0.3 is 0 Å². The first-order chi connectivity index (χ1) is 8.65. The summed E-state index contributed by atoms with van der Waals surface area (Å²) in [5.41, 5.74) is 0.754. The van der Waals surface area contributed by atoms with E-state index in [0.717, 1.165) is 12.1 Å². The van der Waals surface area contributed by atoms with Gasteiger partial charge in [-0.1, -0.05) is 17.8 Å². The van der Waals surface area contributed by atoms with Gasteiger partial charge in [0, 0.05) is 12.7 Å². The Morgan fingerprint density at radius 1 is 1.72 bits per heavy atom. The molecule has 2 rings (SSSR count). The molecule has 0 saturated heterocycles. The highest BCUT2D eigenvalue weighted by atomic mass is 35.5. The molecule has 1 unspecified atom stereocenters. The summed E-state index contributed by atoms with van der Waals surface area (Å²) in [7, 11) is 1.84. The fourth-order valence-corrected chi connectivity index (χ4v) is 2.38. The van der Waals surface area contributed by atoms with Crippen LogP contribution >= 0.6 is 23.4 Å². The molecule has 0 spiro atoms. The molecular weight excluding hydrogens is 272 g/mol. The van der Waals surface area contributed by atoms with Gasteiger partial charge in [-0.25, -0.2) is 0 Å². The lowest BCUT2D eigenvalue weighted by Crippen LogP contribution is -2.25. The summed E-state index contributed by atoms with van der Waals surface area (Å²) in [5, 5.41) is 11.1. The summed E-state index contributed by atoms with van der Waals surface area (Å²) >= 11 is 7.31. The highest BCUT2D eigenvalue weighted by Gasteiger charge is 2.10. The highest BCUT2D eigenvalue weighted by Crippen LogP contribution is 2.15. The molecule has 1 aliphatic rings. The van der Waals surface area contributed by atoms with Gasteiger partial charge in [0.15, 0.2) is 5.16 Å². The molecule has 1 aliphatic carbocycles. The van der Waals surface area contributed by atoms with Gasteiger partial charge in [-0.05, 0) is 18.6 Å². The van der Waals surface area contributed by atoms with Gasteiger partial charge in [-0.2, -0.15) is 0 Å². The standard InChI is InChI=1S/C11H13ClN4OS/c1-16-7-13-15-11(16)18-6-10(17)14-9-4-2-3-8(12)5-9/h2,4-5,7-8H,3,6H2,1H3,(H,14,17). The molecule has 0 saturated carbocycles. The van der Waals surface area contributed by atoms with Gasteiger partial charge in [-0.15, -0.1) is 21.8 Å². The van der Waals surface area contributed by atoms with Crippen LogP contribution in [0.5, 0.6) is 0 Å². The quantitative estimate of drug-likeness (QED) is 0.672. The van der Waals surface area contributed by atoms with E-state index in [4.69, 9.17) is 11.6 Å². The number of hydrogen-bond donors (Lipinski definition) is 1. The third-order valence-electron chi connectivity index (χ3n) is 2.31.